The van der Waals surface area contributed by atoms with Gasteiger partial charge in [-0.15, -0.1) is 0 Å². The summed E-state index contributed by atoms with van der Waals surface area (Å²) in [6.45, 7) is 4.13. The number of anilines is 2. The third-order valence-electron chi connectivity index (χ3n) is 3.30. The highest BCUT2D eigenvalue weighted by molar-refractivity contribution is 5.91. The summed E-state index contributed by atoms with van der Waals surface area (Å²) in [6, 6.07) is 8.89. The molecule has 116 valence electrons. The third kappa shape index (κ3) is 4.18. The van der Waals surface area contributed by atoms with Crippen LogP contribution in [0, 0.1) is 13.8 Å². The molecule has 3 N–H and O–H groups in total. The van der Waals surface area contributed by atoms with Crippen LogP contribution in [-0.2, 0) is 11.3 Å². The van der Waals surface area contributed by atoms with Crippen molar-refractivity contribution < 1.29 is 4.79 Å². The maximum Gasteiger partial charge on any atom is 0.347 e. The Labute approximate surface area is 129 Å². The summed E-state index contributed by atoms with van der Waals surface area (Å²) in [7, 11) is 0. The van der Waals surface area contributed by atoms with Crippen LogP contribution in [0.4, 0.5) is 11.4 Å². The van der Waals surface area contributed by atoms with Crippen LogP contribution in [0.5, 0.6) is 0 Å². The van der Waals surface area contributed by atoms with Crippen molar-refractivity contribution in [1.29, 1.82) is 0 Å². The minimum Gasteiger partial charge on any atom is -0.399 e. The van der Waals surface area contributed by atoms with Gasteiger partial charge in [0.1, 0.15) is 0 Å². The minimum atomic E-state index is -0.270. The molecule has 0 saturated carbocycles. The second-order valence-corrected chi connectivity index (χ2v) is 5.25. The normalized spacial score (nSPS) is 10.5. The van der Waals surface area contributed by atoms with Crippen LogP contribution in [-0.4, -0.2) is 15.5 Å². The lowest BCUT2D eigenvalue weighted by Gasteiger charge is -2.10. The molecule has 22 heavy (non-hydrogen) atoms. The van der Waals surface area contributed by atoms with Crippen molar-refractivity contribution in [2.24, 2.45) is 0 Å². The van der Waals surface area contributed by atoms with Crippen molar-refractivity contribution in [3.63, 3.8) is 0 Å². The number of nitrogen functional groups attached to an aromatic ring is 1. The molecule has 2 rings (SSSR count). The molecule has 1 aromatic carbocycles. The number of rotatable bonds is 5. The molecule has 0 aliphatic carbocycles. The first-order chi connectivity index (χ1) is 10.5. The molecule has 2 aromatic rings. The Morgan fingerprint density at radius 2 is 2.09 bits per heavy atom. The molecule has 0 saturated heterocycles. The summed E-state index contributed by atoms with van der Waals surface area (Å²) in [6.07, 6.45) is 0.897. The van der Waals surface area contributed by atoms with Crippen LogP contribution in [0.15, 0.2) is 35.1 Å². The van der Waals surface area contributed by atoms with Crippen molar-refractivity contribution in [3.05, 3.63) is 52.2 Å². The van der Waals surface area contributed by atoms with E-state index >= 15 is 0 Å². The average Bonchev–Trinajstić information content (AvgIpc) is 2.41. The van der Waals surface area contributed by atoms with Gasteiger partial charge in [0.05, 0.1) is 0 Å². The molecular formula is C16H20N4O2. The van der Waals surface area contributed by atoms with Crippen LogP contribution in [0.1, 0.15) is 24.2 Å². The predicted molar refractivity (Wildman–Crippen MR) is 86.7 cm³/mol. The highest BCUT2D eigenvalue weighted by atomic mass is 16.2. The van der Waals surface area contributed by atoms with Gasteiger partial charge in [0.25, 0.3) is 0 Å². The Bertz CT molecular complexity index is 737. The van der Waals surface area contributed by atoms with E-state index in [2.05, 4.69) is 10.3 Å². The Balaban J connectivity index is 1.89. The number of carbonyl (C=O) groups is 1. The fourth-order valence-electron chi connectivity index (χ4n) is 2.28. The van der Waals surface area contributed by atoms with Crippen LogP contribution < -0.4 is 16.7 Å². The zero-order chi connectivity index (χ0) is 16.1. The number of nitrogens with zero attached hydrogens (tertiary/aromatic N) is 2. The van der Waals surface area contributed by atoms with Crippen molar-refractivity contribution >= 4 is 17.3 Å². The van der Waals surface area contributed by atoms with Crippen LogP contribution in [0.25, 0.3) is 0 Å². The lowest BCUT2D eigenvalue weighted by Crippen LogP contribution is -2.26. The monoisotopic (exact) mass is 300 g/mol. The number of hydrogen-bond donors (Lipinski definition) is 2. The number of aryl methyl sites for hydroxylation is 2. The van der Waals surface area contributed by atoms with E-state index in [1.807, 2.05) is 13.0 Å². The molecule has 1 amide bonds. The minimum absolute atomic E-state index is 0.101. The number of benzene rings is 1. The third-order valence-corrected chi connectivity index (χ3v) is 3.30. The van der Waals surface area contributed by atoms with Crippen LogP contribution >= 0.6 is 0 Å². The Hall–Kier alpha value is -2.63. The van der Waals surface area contributed by atoms with E-state index in [0.29, 0.717) is 36.5 Å². The highest BCUT2D eigenvalue weighted by Gasteiger charge is 2.06. The van der Waals surface area contributed by atoms with Gasteiger partial charge in [-0.2, -0.15) is 4.98 Å². The maximum absolute atomic E-state index is 11.9. The average molecular weight is 300 g/mol. The molecule has 1 aromatic heterocycles. The molecule has 0 aliphatic rings. The fourth-order valence-corrected chi connectivity index (χ4v) is 2.28. The van der Waals surface area contributed by atoms with Gasteiger partial charge in [-0.05, 0) is 44.5 Å². The summed E-state index contributed by atoms with van der Waals surface area (Å²) >= 11 is 0. The summed E-state index contributed by atoms with van der Waals surface area (Å²) < 4.78 is 1.58. The summed E-state index contributed by atoms with van der Waals surface area (Å²) in [5.41, 5.74) is 8.23. The molecule has 0 radical (unpaired) electrons. The van der Waals surface area contributed by atoms with E-state index in [1.54, 1.807) is 35.8 Å². The molecule has 0 atom stereocenters. The van der Waals surface area contributed by atoms with Crippen LogP contribution in [0.2, 0.25) is 0 Å². The number of hydrogen-bond acceptors (Lipinski definition) is 4. The first-order valence-corrected chi connectivity index (χ1v) is 7.16. The Morgan fingerprint density at radius 1 is 1.32 bits per heavy atom. The predicted octanol–water partition coefficient (Wildman–Crippen LogP) is 1.86. The van der Waals surface area contributed by atoms with Crippen molar-refractivity contribution in [1.82, 2.24) is 9.55 Å². The lowest BCUT2D eigenvalue weighted by molar-refractivity contribution is -0.116. The maximum atomic E-state index is 11.9. The number of aromatic nitrogens is 2. The number of nitrogens with one attached hydrogen (secondary N) is 1. The lowest BCUT2D eigenvalue weighted by atomic mass is 10.2. The molecule has 0 unspecified atom stereocenters. The summed E-state index contributed by atoms with van der Waals surface area (Å²) in [4.78, 5) is 27.6. The molecule has 6 heteroatoms. The quantitative estimate of drug-likeness (QED) is 0.825. The molecule has 0 fully saturated rings. The van der Waals surface area contributed by atoms with Gasteiger partial charge in [-0.25, -0.2) is 4.79 Å². The molecule has 0 spiro atoms. The van der Waals surface area contributed by atoms with Crippen molar-refractivity contribution in [2.75, 3.05) is 11.1 Å². The largest absolute Gasteiger partial charge is 0.399 e. The van der Waals surface area contributed by atoms with Crippen LogP contribution in [0.3, 0.4) is 0 Å². The van der Waals surface area contributed by atoms with E-state index in [0.717, 1.165) is 5.69 Å². The molecule has 6 nitrogen and oxygen atoms in total. The topological polar surface area (TPSA) is 90.0 Å². The smallest absolute Gasteiger partial charge is 0.347 e. The Kier molecular flexibility index (Phi) is 4.93. The molecular weight excluding hydrogens is 280 g/mol. The second-order valence-electron chi connectivity index (χ2n) is 5.25. The molecule has 1 heterocycles. The fraction of sp³-hybridized carbons (Fsp3) is 0.312. The number of carbonyl (C=O) groups excluding carboxylic acids is 1. The molecule has 0 bridgehead atoms. The zero-order valence-electron chi connectivity index (χ0n) is 12.8. The number of nitrogens with two attached hydrogens (primary N) is 1. The van der Waals surface area contributed by atoms with Gasteiger partial charge >= 0.3 is 5.69 Å². The van der Waals surface area contributed by atoms with Crippen molar-refractivity contribution in [2.45, 2.75) is 33.2 Å². The van der Waals surface area contributed by atoms with E-state index in [9.17, 15) is 9.59 Å². The van der Waals surface area contributed by atoms with Crippen molar-refractivity contribution in [3.8, 4) is 0 Å². The van der Waals surface area contributed by atoms with E-state index in [1.165, 1.54) is 0 Å². The van der Waals surface area contributed by atoms with Gasteiger partial charge in [-0.1, -0.05) is 6.07 Å². The van der Waals surface area contributed by atoms with E-state index in [-0.39, 0.29) is 11.6 Å². The van der Waals surface area contributed by atoms with Gasteiger partial charge in [0.2, 0.25) is 5.91 Å². The highest BCUT2D eigenvalue weighted by Crippen LogP contribution is 2.12. The first kappa shape index (κ1) is 15.8. The van der Waals surface area contributed by atoms with Gasteiger partial charge in [-0.3, -0.25) is 9.36 Å². The summed E-state index contributed by atoms with van der Waals surface area (Å²) in [5, 5.41) is 2.79. The van der Waals surface area contributed by atoms with E-state index in [4.69, 9.17) is 5.73 Å². The standard InChI is InChI=1S/C16H20N4O2/c1-11-9-12(2)20(16(22)18-11)8-4-7-15(21)19-14-6-3-5-13(17)10-14/h3,5-6,9-10H,4,7-8,17H2,1-2H3,(H,19,21). The second kappa shape index (κ2) is 6.89. The zero-order valence-corrected chi connectivity index (χ0v) is 12.8. The van der Waals surface area contributed by atoms with Gasteiger partial charge < -0.3 is 11.1 Å². The summed E-state index contributed by atoms with van der Waals surface area (Å²) in [5.74, 6) is -0.101. The van der Waals surface area contributed by atoms with Gasteiger partial charge in [0, 0.05) is 35.7 Å². The molecule has 0 aliphatic heterocycles. The Morgan fingerprint density at radius 3 is 2.77 bits per heavy atom. The first-order valence-electron chi connectivity index (χ1n) is 7.16. The number of amides is 1. The van der Waals surface area contributed by atoms with E-state index < -0.39 is 0 Å². The SMILES string of the molecule is Cc1cc(C)n(CCCC(=O)Nc2cccc(N)c2)c(=O)n1. The van der Waals surface area contributed by atoms with Gasteiger partial charge in [0.15, 0.2) is 0 Å².